The van der Waals surface area contributed by atoms with Crippen LogP contribution in [0.4, 0.5) is 0 Å². The molecule has 1 atom stereocenters. The molecule has 0 aliphatic carbocycles. The molecule has 2 N–H and O–H groups in total. The van der Waals surface area contributed by atoms with Gasteiger partial charge in [-0.3, -0.25) is 4.79 Å². The van der Waals surface area contributed by atoms with E-state index in [4.69, 9.17) is 5.11 Å². The first-order chi connectivity index (χ1) is 6.49. The fraction of sp³-hybridized carbons (Fsp3) is 0.857. The Balaban J connectivity index is 2.36. The van der Waals surface area contributed by atoms with Crippen LogP contribution in [0.25, 0.3) is 0 Å². The summed E-state index contributed by atoms with van der Waals surface area (Å²) >= 11 is 1.70. The zero-order chi connectivity index (χ0) is 10.6. The summed E-state index contributed by atoms with van der Waals surface area (Å²) in [7, 11) is -3.40. The maximum absolute atomic E-state index is 11.3. The van der Waals surface area contributed by atoms with Crippen LogP contribution in [0.2, 0.25) is 0 Å². The van der Waals surface area contributed by atoms with Gasteiger partial charge in [0.15, 0.2) is 0 Å². The van der Waals surface area contributed by atoms with Gasteiger partial charge in [0, 0.05) is 11.8 Å². The molecule has 0 aromatic carbocycles. The van der Waals surface area contributed by atoms with Gasteiger partial charge in [0.2, 0.25) is 10.0 Å². The molecule has 1 fully saturated rings. The van der Waals surface area contributed by atoms with E-state index in [1.54, 1.807) is 11.8 Å². The third-order valence-electron chi connectivity index (χ3n) is 1.86. The summed E-state index contributed by atoms with van der Waals surface area (Å²) in [4.78, 5) is 10.2. The summed E-state index contributed by atoms with van der Waals surface area (Å²) in [6, 6.07) is -0.0150. The van der Waals surface area contributed by atoms with Crippen LogP contribution >= 0.6 is 11.8 Å². The van der Waals surface area contributed by atoms with E-state index in [1.807, 2.05) is 0 Å². The Morgan fingerprint density at radius 3 is 2.79 bits per heavy atom. The second-order valence-corrected chi connectivity index (χ2v) is 6.16. The predicted octanol–water partition coefficient (Wildman–Crippen LogP) is -0.114. The molecule has 14 heavy (non-hydrogen) atoms. The van der Waals surface area contributed by atoms with E-state index in [0.717, 1.165) is 17.9 Å². The number of carbonyl (C=O) groups is 1. The van der Waals surface area contributed by atoms with Crippen LogP contribution in [0.15, 0.2) is 0 Å². The van der Waals surface area contributed by atoms with Gasteiger partial charge in [-0.15, -0.1) is 0 Å². The molecule has 1 aliphatic heterocycles. The number of carboxylic acid groups (broad SMARTS) is 1. The number of aliphatic carboxylic acids is 1. The number of carboxylic acids is 1. The molecule has 0 spiro atoms. The molecule has 82 valence electrons. The summed E-state index contributed by atoms with van der Waals surface area (Å²) < 4.78 is 25.1. The van der Waals surface area contributed by atoms with Crippen molar-refractivity contribution < 1.29 is 18.3 Å². The van der Waals surface area contributed by atoms with E-state index in [9.17, 15) is 13.2 Å². The van der Waals surface area contributed by atoms with Gasteiger partial charge >= 0.3 is 5.97 Å². The normalized spacial score (nSPS) is 22.4. The van der Waals surface area contributed by atoms with Crippen molar-refractivity contribution in [1.29, 1.82) is 0 Å². The number of hydrogen-bond acceptors (Lipinski definition) is 4. The van der Waals surface area contributed by atoms with E-state index in [1.165, 1.54) is 0 Å². The van der Waals surface area contributed by atoms with Crippen molar-refractivity contribution in [3.8, 4) is 0 Å². The first-order valence-electron chi connectivity index (χ1n) is 4.29. The van der Waals surface area contributed by atoms with Crippen LogP contribution in [0.1, 0.15) is 12.8 Å². The molecular formula is C7H13NO4S2. The molecular weight excluding hydrogens is 226 g/mol. The standard InChI is InChI=1S/C7H13NO4S2/c9-7(10)2-4-14(11,12)8-6-1-3-13-5-6/h6,8H,1-5H2,(H,9,10). The molecule has 1 unspecified atom stereocenters. The van der Waals surface area contributed by atoms with Crippen molar-refractivity contribution >= 4 is 27.8 Å². The highest BCUT2D eigenvalue weighted by Crippen LogP contribution is 2.17. The van der Waals surface area contributed by atoms with Crippen LogP contribution in [0.5, 0.6) is 0 Å². The minimum Gasteiger partial charge on any atom is -0.481 e. The smallest absolute Gasteiger partial charge is 0.304 e. The fourth-order valence-electron chi connectivity index (χ4n) is 1.16. The van der Waals surface area contributed by atoms with E-state index in [0.29, 0.717) is 0 Å². The van der Waals surface area contributed by atoms with Gasteiger partial charge < -0.3 is 5.11 Å². The first kappa shape index (κ1) is 11.8. The second kappa shape index (κ2) is 4.99. The largest absolute Gasteiger partial charge is 0.481 e. The molecule has 0 amide bonds. The molecule has 1 rings (SSSR count). The highest BCUT2D eigenvalue weighted by atomic mass is 32.2. The molecule has 5 nitrogen and oxygen atoms in total. The quantitative estimate of drug-likeness (QED) is 0.699. The minimum absolute atomic E-state index is 0.0150. The first-order valence-corrected chi connectivity index (χ1v) is 7.10. The van der Waals surface area contributed by atoms with Crippen molar-refractivity contribution in [3.63, 3.8) is 0 Å². The van der Waals surface area contributed by atoms with E-state index >= 15 is 0 Å². The number of hydrogen-bond donors (Lipinski definition) is 2. The van der Waals surface area contributed by atoms with Crippen LogP contribution in [-0.2, 0) is 14.8 Å². The third-order valence-corrected chi connectivity index (χ3v) is 4.46. The van der Waals surface area contributed by atoms with Gasteiger partial charge in [0.25, 0.3) is 0 Å². The molecule has 0 saturated carbocycles. The average Bonchev–Trinajstić information content (AvgIpc) is 2.53. The molecule has 0 bridgehead atoms. The van der Waals surface area contributed by atoms with Gasteiger partial charge in [-0.05, 0) is 12.2 Å². The summed E-state index contributed by atoms with van der Waals surface area (Å²) in [6.45, 7) is 0. The lowest BCUT2D eigenvalue weighted by Gasteiger charge is -2.10. The lowest BCUT2D eigenvalue weighted by atomic mass is 10.3. The zero-order valence-electron chi connectivity index (χ0n) is 7.60. The lowest BCUT2D eigenvalue weighted by Crippen LogP contribution is -2.36. The summed E-state index contributed by atoms with van der Waals surface area (Å²) in [5, 5.41) is 8.34. The Bertz CT molecular complexity index is 295. The van der Waals surface area contributed by atoms with Crippen LogP contribution < -0.4 is 4.72 Å². The van der Waals surface area contributed by atoms with Crippen molar-refractivity contribution in [3.05, 3.63) is 0 Å². The molecule has 0 radical (unpaired) electrons. The van der Waals surface area contributed by atoms with Gasteiger partial charge in [-0.2, -0.15) is 11.8 Å². The van der Waals surface area contributed by atoms with Crippen LogP contribution in [0, 0.1) is 0 Å². The number of thioether (sulfide) groups is 1. The Morgan fingerprint density at radius 2 is 2.29 bits per heavy atom. The fourth-order valence-corrected chi connectivity index (χ4v) is 3.69. The Kier molecular flexibility index (Phi) is 4.21. The topological polar surface area (TPSA) is 83.5 Å². The Labute approximate surface area is 87.3 Å². The minimum atomic E-state index is -3.40. The molecule has 1 heterocycles. The number of nitrogens with one attached hydrogen (secondary N) is 1. The van der Waals surface area contributed by atoms with E-state index in [-0.39, 0.29) is 18.2 Å². The van der Waals surface area contributed by atoms with E-state index < -0.39 is 16.0 Å². The molecule has 0 aromatic rings. The van der Waals surface area contributed by atoms with Gasteiger partial charge in [0.05, 0.1) is 12.2 Å². The lowest BCUT2D eigenvalue weighted by molar-refractivity contribution is -0.136. The van der Waals surface area contributed by atoms with Crippen molar-refractivity contribution in [1.82, 2.24) is 4.72 Å². The highest BCUT2D eigenvalue weighted by Gasteiger charge is 2.21. The van der Waals surface area contributed by atoms with Crippen LogP contribution in [-0.4, -0.2) is 42.8 Å². The van der Waals surface area contributed by atoms with Crippen molar-refractivity contribution in [2.75, 3.05) is 17.3 Å². The molecule has 0 aromatic heterocycles. The summed E-state index contributed by atoms with van der Waals surface area (Å²) in [5.74, 6) is 0.332. The monoisotopic (exact) mass is 239 g/mol. The van der Waals surface area contributed by atoms with E-state index in [2.05, 4.69) is 4.72 Å². The maximum atomic E-state index is 11.3. The van der Waals surface area contributed by atoms with Gasteiger partial charge in [-0.1, -0.05) is 0 Å². The number of sulfonamides is 1. The maximum Gasteiger partial charge on any atom is 0.304 e. The highest BCUT2D eigenvalue weighted by molar-refractivity contribution is 7.99. The SMILES string of the molecule is O=C(O)CCS(=O)(=O)NC1CCSC1. The summed E-state index contributed by atoms with van der Waals surface area (Å²) in [6.07, 6.45) is 0.492. The van der Waals surface area contributed by atoms with Crippen LogP contribution in [0.3, 0.4) is 0 Å². The predicted molar refractivity (Wildman–Crippen MR) is 54.9 cm³/mol. The van der Waals surface area contributed by atoms with Crippen molar-refractivity contribution in [2.45, 2.75) is 18.9 Å². The second-order valence-electron chi connectivity index (χ2n) is 3.14. The zero-order valence-corrected chi connectivity index (χ0v) is 9.23. The summed E-state index contributed by atoms with van der Waals surface area (Å²) in [5.41, 5.74) is 0. The molecule has 7 heteroatoms. The van der Waals surface area contributed by atoms with Gasteiger partial charge in [0.1, 0.15) is 0 Å². The third kappa shape index (κ3) is 4.30. The molecule has 1 aliphatic rings. The Hall–Kier alpha value is -0.270. The Morgan fingerprint density at radius 1 is 1.57 bits per heavy atom. The average molecular weight is 239 g/mol. The molecule has 1 saturated heterocycles. The number of rotatable bonds is 5. The van der Waals surface area contributed by atoms with Crippen molar-refractivity contribution in [2.24, 2.45) is 0 Å². The van der Waals surface area contributed by atoms with Gasteiger partial charge in [-0.25, -0.2) is 13.1 Å².